The first-order valence-corrected chi connectivity index (χ1v) is 12.4. The second-order valence-corrected chi connectivity index (χ2v) is 9.84. The van der Waals surface area contributed by atoms with Gasteiger partial charge < -0.3 is 14.8 Å². The molecule has 3 rings (SSSR count). The lowest BCUT2D eigenvalue weighted by molar-refractivity contribution is -0.133. The van der Waals surface area contributed by atoms with Crippen molar-refractivity contribution in [1.82, 2.24) is 10.3 Å². The SMILES string of the molecule is CCOc1ccc([C@@H](C)NC(=O)C2=NN([C@@H]3CCS(=O)(=O)C3)C(=O)CC2)cc1OCC. The van der Waals surface area contributed by atoms with Gasteiger partial charge in [0, 0.05) is 12.8 Å². The summed E-state index contributed by atoms with van der Waals surface area (Å²) in [5, 5.41) is 8.32. The van der Waals surface area contributed by atoms with Crippen molar-refractivity contribution in [2.75, 3.05) is 24.7 Å². The molecule has 9 nitrogen and oxygen atoms in total. The molecule has 1 fully saturated rings. The van der Waals surface area contributed by atoms with Gasteiger partial charge in [0.2, 0.25) is 5.91 Å². The van der Waals surface area contributed by atoms with Gasteiger partial charge in [0.1, 0.15) is 5.71 Å². The third kappa shape index (κ3) is 5.55. The third-order valence-electron chi connectivity index (χ3n) is 5.29. The molecule has 0 radical (unpaired) electrons. The van der Waals surface area contributed by atoms with Crippen molar-refractivity contribution in [3.8, 4) is 11.5 Å². The smallest absolute Gasteiger partial charge is 0.267 e. The number of nitrogens with zero attached hydrogens (tertiary/aromatic N) is 2. The predicted molar refractivity (Wildman–Crippen MR) is 116 cm³/mol. The van der Waals surface area contributed by atoms with Crippen LogP contribution in [0.1, 0.15) is 51.6 Å². The second-order valence-electron chi connectivity index (χ2n) is 7.61. The van der Waals surface area contributed by atoms with Gasteiger partial charge in [-0.1, -0.05) is 6.07 Å². The minimum absolute atomic E-state index is 0.0371. The van der Waals surface area contributed by atoms with Crippen molar-refractivity contribution in [3.05, 3.63) is 23.8 Å². The first kappa shape index (κ1) is 23.1. The fourth-order valence-corrected chi connectivity index (χ4v) is 5.38. The molecule has 0 spiro atoms. The summed E-state index contributed by atoms with van der Waals surface area (Å²) in [7, 11) is -3.16. The van der Waals surface area contributed by atoms with Crippen LogP contribution in [-0.4, -0.2) is 61.7 Å². The zero-order valence-corrected chi connectivity index (χ0v) is 18.9. The summed E-state index contributed by atoms with van der Waals surface area (Å²) in [6.07, 6.45) is 0.699. The van der Waals surface area contributed by atoms with Crippen LogP contribution < -0.4 is 14.8 Å². The molecular weight excluding hydrogens is 422 g/mol. The van der Waals surface area contributed by atoms with Gasteiger partial charge in [-0.25, -0.2) is 13.4 Å². The molecule has 0 bridgehead atoms. The van der Waals surface area contributed by atoms with E-state index in [0.717, 1.165) is 5.56 Å². The molecule has 1 aromatic rings. The Morgan fingerprint density at radius 1 is 1.23 bits per heavy atom. The van der Waals surface area contributed by atoms with Crippen molar-refractivity contribution in [3.63, 3.8) is 0 Å². The molecule has 1 saturated heterocycles. The van der Waals surface area contributed by atoms with Gasteiger partial charge in [-0.15, -0.1) is 0 Å². The number of hydrazone groups is 1. The number of rotatable bonds is 8. The van der Waals surface area contributed by atoms with E-state index in [9.17, 15) is 18.0 Å². The zero-order valence-electron chi connectivity index (χ0n) is 18.1. The molecular formula is C21H29N3O6S. The van der Waals surface area contributed by atoms with E-state index in [1.807, 2.05) is 39.0 Å². The van der Waals surface area contributed by atoms with Gasteiger partial charge in [-0.2, -0.15) is 5.10 Å². The van der Waals surface area contributed by atoms with Crippen LogP contribution in [0, 0.1) is 0 Å². The minimum atomic E-state index is -3.16. The molecule has 0 aliphatic carbocycles. The maximum atomic E-state index is 12.8. The summed E-state index contributed by atoms with van der Waals surface area (Å²) in [6.45, 7) is 6.63. The Balaban J connectivity index is 1.72. The average molecular weight is 452 g/mol. The Morgan fingerprint density at radius 2 is 1.94 bits per heavy atom. The summed E-state index contributed by atoms with van der Waals surface area (Å²) < 4.78 is 34.7. The van der Waals surface area contributed by atoms with Crippen molar-refractivity contribution in [2.24, 2.45) is 5.10 Å². The van der Waals surface area contributed by atoms with Crippen LogP contribution in [0.3, 0.4) is 0 Å². The quantitative estimate of drug-likeness (QED) is 0.645. The normalized spacial score (nSPS) is 21.4. The van der Waals surface area contributed by atoms with Crippen LogP contribution in [0.5, 0.6) is 11.5 Å². The predicted octanol–water partition coefficient (Wildman–Crippen LogP) is 1.83. The number of hydrogen-bond acceptors (Lipinski definition) is 7. The molecule has 31 heavy (non-hydrogen) atoms. The number of benzene rings is 1. The third-order valence-corrected chi connectivity index (χ3v) is 7.04. The fraction of sp³-hybridized carbons (Fsp3) is 0.571. The molecule has 2 aliphatic rings. The van der Waals surface area contributed by atoms with Crippen LogP contribution in [0.2, 0.25) is 0 Å². The minimum Gasteiger partial charge on any atom is -0.490 e. The molecule has 2 amide bonds. The van der Waals surface area contributed by atoms with E-state index in [2.05, 4.69) is 10.4 Å². The van der Waals surface area contributed by atoms with Gasteiger partial charge in [0.25, 0.3) is 5.91 Å². The molecule has 0 saturated carbocycles. The number of amides is 2. The number of nitrogens with one attached hydrogen (secondary N) is 1. The van der Waals surface area contributed by atoms with Gasteiger partial charge in [0.15, 0.2) is 21.3 Å². The van der Waals surface area contributed by atoms with E-state index in [-0.39, 0.29) is 47.9 Å². The highest BCUT2D eigenvalue weighted by Crippen LogP contribution is 2.31. The fourth-order valence-electron chi connectivity index (χ4n) is 3.69. The molecule has 1 N–H and O–H groups in total. The van der Waals surface area contributed by atoms with Crippen LogP contribution in [0.25, 0.3) is 0 Å². The molecule has 2 atom stereocenters. The zero-order chi connectivity index (χ0) is 22.6. The summed E-state index contributed by atoms with van der Waals surface area (Å²) in [5.41, 5.74) is 1.07. The summed E-state index contributed by atoms with van der Waals surface area (Å²) >= 11 is 0. The highest BCUT2D eigenvalue weighted by Gasteiger charge is 2.37. The standard InChI is InChI=1S/C21H29N3O6S/c1-4-29-18-8-6-15(12-19(18)30-5-2)14(3)22-21(26)17-7-9-20(25)24(23-17)16-10-11-31(27,28)13-16/h6,8,12,14,16H,4-5,7,9-11,13H2,1-3H3,(H,22,26)/t14-,16-/m1/s1. The lowest BCUT2D eigenvalue weighted by atomic mass is 10.1. The van der Waals surface area contributed by atoms with Crippen LogP contribution in [-0.2, 0) is 19.4 Å². The maximum Gasteiger partial charge on any atom is 0.267 e. The monoisotopic (exact) mass is 451 g/mol. The Morgan fingerprint density at radius 3 is 2.58 bits per heavy atom. The van der Waals surface area contributed by atoms with Crippen LogP contribution in [0.4, 0.5) is 0 Å². The van der Waals surface area contributed by atoms with Crippen LogP contribution >= 0.6 is 0 Å². The topological polar surface area (TPSA) is 114 Å². The van der Waals surface area contributed by atoms with E-state index in [1.54, 1.807) is 0 Å². The van der Waals surface area contributed by atoms with Gasteiger partial charge in [-0.3, -0.25) is 9.59 Å². The molecule has 2 aliphatic heterocycles. The lowest BCUT2D eigenvalue weighted by Crippen LogP contribution is -2.44. The van der Waals surface area contributed by atoms with Gasteiger partial charge in [0.05, 0.1) is 36.8 Å². The van der Waals surface area contributed by atoms with Crippen LogP contribution in [0.15, 0.2) is 23.3 Å². The van der Waals surface area contributed by atoms with E-state index in [4.69, 9.17) is 9.47 Å². The molecule has 0 unspecified atom stereocenters. The largest absolute Gasteiger partial charge is 0.490 e. The lowest BCUT2D eigenvalue weighted by Gasteiger charge is -2.28. The first-order valence-electron chi connectivity index (χ1n) is 10.5. The molecule has 1 aromatic carbocycles. The highest BCUT2D eigenvalue weighted by molar-refractivity contribution is 7.91. The van der Waals surface area contributed by atoms with E-state index in [0.29, 0.717) is 31.1 Å². The molecule has 170 valence electrons. The number of carbonyl (C=O) groups is 2. The number of ether oxygens (including phenoxy) is 2. The maximum absolute atomic E-state index is 12.8. The summed E-state index contributed by atoms with van der Waals surface area (Å²) in [4.78, 5) is 25.1. The number of sulfone groups is 1. The van der Waals surface area contributed by atoms with E-state index in [1.165, 1.54) is 5.01 Å². The Bertz CT molecular complexity index is 975. The summed E-state index contributed by atoms with van der Waals surface area (Å²) in [6, 6.07) is 4.67. The Kier molecular flexibility index (Phi) is 7.19. The highest BCUT2D eigenvalue weighted by atomic mass is 32.2. The molecule has 2 heterocycles. The number of carbonyl (C=O) groups excluding carboxylic acids is 2. The first-order chi connectivity index (χ1) is 14.7. The molecule has 10 heteroatoms. The van der Waals surface area contributed by atoms with Gasteiger partial charge >= 0.3 is 0 Å². The van der Waals surface area contributed by atoms with Crippen molar-refractivity contribution in [1.29, 1.82) is 0 Å². The second kappa shape index (κ2) is 9.67. The van der Waals surface area contributed by atoms with Crippen molar-refractivity contribution in [2.45, 2.75) is 52.1 Å². The molecule has 0 aromatic heterocycles. The van der Waals surface area contributed by atoms with Gasteiger partial charge in [-0.05, 0) is 44.9 Å². The van der Waals surface area contributed by atoms with Crippen molar-refractivity contribution < 1.29 is 27.5 Å². The summed E-state index contributed by atoms with van der Waals surface area (Å²) in [5.74, 6) is 0.549. The van der Waals surface area contributed by atoms with Crippen molar-refractivity contribution >= 4 is 27.4 Å². The average Bonchev–Trinajstić information content (AvgIpc) is 3.09. The Labute approximate surface area is 182 Å². The number of hydrogen-bond donors (Lipinski definition) is 1. The van der Waals surface area contributed by atoms with E-state index >= 15 is 0 Å². The Hall–Kier alpha value is -2.62. The van der Waals surface area contributed by atoms with E-state index < -0.39 is 15.9 Å².